The number of methoxy groups -OCH3 is 1. The number of hydrogen-bond acceptors (Lipinski definition) is 4. The average Bonchev–Trinajstić information content (AvgIpc) is 2.74. The fraction of sp³-hybridized carbons (Fsp3) is 0.458. The van der Waals surface area contributed by atoms with Gasteiger partial charge in [0.2, 0.25) is 0 Å². The molecule has 0 spiro atoms. The van der Waals surface area contributed by atoms with Crippen molar-refractivity contribution in [3.63, 3.8) is 0 Å². The SMILES string of the molecule is CCCCCCCCCCOc1ccc(C(=NO)c2ccc(OC)cc2)cc1. The Morgan fingerprint density at radius 2 is 1.25 bits per heavy atom. The van der Waals surface area contributed by atoms with Crippen molar-refractivity contribution in [3.8, 4) is 11.5 Å². The Hall–Kier alpha value is -2.49. The van der Waals surface area contributed by atoms with Crippen LogP contribution in [0.5, 0.6) is 11.5 Å². The minimum atomic E-state index is 0.525. The van der Waals surface area contributed by atoms with Crippen LogP contribution in [0.15, 0.2) is 53.7 Å². The molecule has 0 radical (unpaired) electrons. The number of oxime groups is 1. The highest BCUT2D eigenvalue weighted by Gasteiger charge is 2.08. The second kappa shape index (κ2) is 12.8. The Balaban J connectivity index is 1.76. The first kappa shape index (κ1) is 21.8. The molecule has 0 aromatic heterocycles. The monoisotopic (exact) mass is 383 g/mol. The van der Waals surface area contributed by atoms with Crippen LogP contribution < -0.4 is 9.47 Å². The third-order valence-corrected chi connectivity index (χ3v) is 4.86. The van der Waals surface area contributed by atoms with E-state index in [0.717, 1.165) is 35.7 Å². The van der Waals surface area contributed by atoms with E-state index in [2.05, 4.69) is 12.1 Å². The van der Waals surface area contributed by atoms with Gasteiger partial charge in [0.15, 0.2) is 0 Å². The van der Waals surface area contributed by atoms with E-state index in [1.165, 1.54) is 44.9 Å². The molecule has 0 saturated heterocycles. The van der Waals surface area contributed by atoms with E-state index in [1.807, 2.05) is 48.5 Å². The van der Waals surface area contributed by atoms with E-state index >= 15 is 0 Å². The molecule has 0 unspecified atom stereocenters. The van der Waals surface area contributed by atoms with Gasteiger partial charge in [-0.1, -0.05) is 57.0 Å². The highest BCUT2D eigenvalue weighted by Crippen LogP contribution is 2.19. The van der Waals surface area contributed by atoms with Crippen molar-refractivity contribution in [2.45, 2.75) is 58.3 Å². The lowest BCUT2D eigenvalue weighted by atomic mass is 10.0. The second-order valence-corrected chi connectivity index (χ2v) is 7.02. The van der Waals surface area contributed by atoms with Crippen molar-refractivity contribution >= 4 is 5.71 Å². The Morgan fingerprint density at radius 1 is 0.750 bits per heavy atom. The number of hydrogen-bond donors (Lipinski definition) is 1. The first-order valence-corrected chi connectivity index (χ1v) is 10.4. The molecule has 4 nitrogen and oxygen atoms in total. The molecule has 0 bridgehead atoms. The minimum Gasteiger partial charge on any atom is -0.497 e. The zero-order chi connectivity index (χ0) is 20.0. The van der Waals surface area contributed by atoms with Crippen LogP contribution >= 0.6 is 0 Å². The van der Waals surface area contributed by atoms with Crippen LogP contribution in [0.25, 0.3) is 0 Å². The molecule has 1 N–H and O–H groups in total. The van der Waals surface area contributed by atoms with Gasteiger partial charge in [-0.15, -0.1) is 0 Å². The predicted molar refractivity (Wildman–Crippen MR) is 115 cm³/mol. The molecule has 4 heteroatoms. The van der Waals surface area contributed by atoms with Crippen LogP contribution in [0.4, 0.5) is 0 Å². The van der Waals surface area contributed by atoms with E-state index < -0.39 is 0 Å². The number of benzene rings is 2. The molecule has 0 saturated carbocycles. The molecule has 0 amide bonds. The quantitative estimate of drug-likeness (QED) is 0.187. The van der Waals surface area contributed by atoms with Crippen LogP contribution in [-0.4, -0.2) is 24.6 Å². The van der Waals surface area contributed by atoms with Crippen molar-refractivity contribution in [2.75, 3.05) is 13.7 Å². The molecular formula is C24H33NO3. The van der Waals surface area contributed by atoms with Gasteiger partial charge in [-0.2, -0.15) is 0 Å². The largest absolute Gasteiger partial charge is 0.497 e. The van der Waals surface area contributed by atoms with Gasteiger partial charge >= 0.3 is 0 Å². The van der Waals surface area contributed by atoms with Gasteiger partial charge in [-0.3, -0.25) is 0 Å². The zero-order valence-corrected chi connectivity index (χ0v) is 17.2. The molecule has 2 aromatic carbocycles. The first-order valence-electron chi connectivity index (χ1n) is 10.4. The van der Waals surface area contributed by atoms with Crippen LogP contribution in [0.1, 0.15) is 69.4 Å². The molecule has 0 aliphatic carbocycles. The van der Waals surface area contributed by atoms with E-state index in [-0.39, 0.29) is 0 Å². The molecule has 152 valence electrons. The topological polar surface area (TPSA) is 51.0 Å². The molecule has 0 heterocycles. The lowest BCUT2D eigenvalue weighted by Crippen LogP contribution is -2.04. The summed E-state index contributed by atoms with van der Waals surface area (Å²) in [5.74, 6) is 1.62. The molecule has 0 aliphatic rings. The van der Waals surface area contributed by atoms with Crippen molar-refractivity contribution < 1.29 is 14.7 Å². The summed E-state index contributed by atoms with van der Waals surface area (Å²) in [4.78, 5) is 0. The maximum Gasteiger partial charge on any atom is 0.119 e. The molecule has 0 fully saturated rings. The maximum absolute atomic E-state index is 9.45. The summed E-state index contributed by atoms with van der Waals surface area (Å²) >= 11 is 0. The lowest BCUT2D eigenvalue weighted by Gasteiger charge is -2.09. The molecule has 2 rings (SSSR count). The number of ether oxygens (including phenoxy) is 2. The first-order chi connectivity index (χ1) is 13.8. The van der Waals surface area contributed by atoms with Gasteiger partial charge in [-0.05, 0) is 55.0 Å². The van der Waals surface area contributed by atoms with E-state index in [1.54, 1.807) is 7.11 Å². The smallest absolute Gasteiger partial charge is 0.119 e. The summed E-state index contributed by atoms with van der Waals surface area (Å²) in [6, 6.07) is 15.1. The zero-order valence-electron chi connectivity index (χ0n) is 17.2. The Labute approximate surface area is 169 Å². The third kappa shape index (κ3) is 7.26. The molecule has 28 heavy (non-hydrogen) atoms. The molecule has 0 aliphatic heterocycles. The summed E-state index contributed by atoms with van der Waals surface area (Å²) in [5, 5.41) is 12.9. The number of nitrogens with zero attached hydrogens (tertiary/aromatic N) is 1. The molecule has 0 atom stereocenters. The Bertz CT molecular complexity index is 693. The summed E-state index contributed by atoms with van der Waals surface area (Å²) in [6.45, 7) is 2.99. The summed E-state index contributed by atoms with van der Waals surface area (Å²) < 4.78 is 11.0. The second-order valence-electron chi connectivity index (χ2n) is 7.02. The van der Waals surface area contributed by atoms with Crippen molar-refractivity contribution in [2.24, 2.45) is 5.16 Å². The van der Waals surface area contributed by atoms with Gasteiger partial charge in [0.1, 0.15) is 17.2 Å². The maximum atomic E-state index is 9.45. The Morgan fingerprint density at radius 3 is 1.75 bits per heavy atom. The molecular weight excluding hydrogens is 350 g/mol. The third-order valence-electron chi connectivity index (χ3n) is 4.86. The summed E-state index contributed by atoms with van der Waals surface area (Å²) in [7, 11) is 1.63. The van der Waals surface area contributed by atoms with Gasteiger partial charge in [0, 0.05) is 11.1 Å². The van der Waals surface area contributed by atoms with Crippen LogP contribution in [0, 0.1) is 0 Å². The summed E-state index contributed by atoms with van der Waals surface area (Å²) in [6.07, 6.45) is 10.3. The summed E-state index contributed by atoms with van der Waals surface area (Å²) in [5.41, 5.74) is 2.19. The predicted octanol–water partition coefficient (Wildman–Crippen LogP) is 6.44. The van der Waals surface area contributed by atoms with Crippen molar-refractivity contribution in [1.82, 2.24) is 0 Å². The molecule has 2 aromatic rings. The van der Waals surface area contributed by atoms with Crippen LogP contribution in [0.2, 0.25) is 0 Å². The Kier molecular flexibility index (Phi) is 9.98. The normalized spacial score (nSPS) is 11.4. The number of rotatable bonds is 13. The van der Waals surface area contributed by atoms with Crippen molar-refractivity contribution in [3.05, 3.63) is 59.7 Å². The van der Waals surface area contributed by atoms with E-state index in [4.69, 9.17) is 9.47 Å². The fourth-order valence-corrected chi connectivity index (χ4v) is 3.17. The van der Waals surface area contributed by atoms with Crippen LogP contribution in [-0.2, 0) is 0 Å². The van der Waals surface area contributed by atoms with Gasteiger partial charge in [-0.25, -0.2) is 0 Å². The van der Waals surface area contributed by atoms with E-state index in [0.29, 0.717) is 5.71 Å². The average molecular weight is 384 g/mol. The standard InChI is InChI=1S/C24H33NO3/c1-3-4-5-6-7-8-9-10-19-28-23-17-13-21(14-18-23)24(25-26)20-11-15-22(27-2)16-12-20/h11-18,26H,3-10,19H2,1-2H3. The van der Waals surface area contributed by atoms with Gasteiger partial charge in [0.05, 0.1) is 13.7 Å². The van der Waals surface area contributed by atoms with Gasteiger partial charge in [0.25, 0.3) is 0 Å². The fourth-order valence-electron chi connectivity index (χ4n) is 3.17. The minimum absolute atomic E-state index is 0.525. The number of unbranched alkanes of at least 4 members (excludes halogenated alkanes) is 7. The van der Waals surface area contributed by atoms with Crippen LogP contribution in [0.3, 0.4) is 0 Å². The van der Waals surface area contributed by atoms with Gasteiger partial charge < -0.3 is 14.7 Å². The van der Waals surface area contributed by atoms with Crippen molar-refractivity contribution in [1.29, 1.82) is 0 Å². The highest BCUT2D eigenvalue weighted by atomic mass is 16.5. The van der Waals surface area contributed by atoms with E-state index in [9.17, 15) is 5.21 Å². The lowest BCUT2D eigenvalue weighted by molar-refractivity contribution is 0.304. The highest BCUT2D eigenvalue weighted by molar-refractivity contribution is 6.12.